The van der Waals surface area contributed by atoms with Crippen molar-refractivity contribution in [2.75, 3.05) is 6.61 Å². The van der Waals surface area contributed by atoms with Gasteiger partial charge in [-0.2, -0.15) is 0 Å². The maximum absolute atomic E-state index is 12.8. The molecular weight excluding hydrogens is 384 g/mol. The summed E-state index contributed by atoms with van der Waals surface area (Å²) in [6.07, 6.45) is 0. The normalized spacial score (nSPS) is 22.8. The second-order valence-electron chi connectivity index (χ2n) is 4.75. The fraction of sp³-hybridized carbons (Fsp3) is 0.188. The Morgan fingerprint density at radius 2 is 1.70 bits per heavy atom. The molecule has 0 radical (unpaired) electrons. The van der Waals surface area contributed by atoms with Crippen LogP contribution in [0.15, 0.2) is 54.6 Å². The summed E-state index contributed by atoms with van der Waals surface area (Å²) in [7, 11) is 0. The smallest absolute Gasteiger partial charge is 0.188 e. The molecule has 0 saturated heterocycles. The third kappa shape index (κ3) is 2.21. The van der Waals surface area contributed by atoms with E-state index in [4.69, 9.17) is 4.74 Å². The second kappa shape index (κ2) is 5.34. The number of alkyl halides is 2. The third-order valence-electron chi connectivity index (χ3n) is 3.44. The fourth-order valence-electron chi connectivity index (χ4n) is 2.33. The van der Waals surface area contributed by atoms with Crippen molar-refractivity contribution in [2.24, 2.45) is 0 Å². The first kappa shape index (κ1) is 13.8. The summed E-state index contributed by atoms with van der Waals surface area (Å²) in [6.45, 7) is 0.299. The van der Waals surface area contributed by atoms with Crippen LogP contribution < -0.4 is 4.74 Å². The van der Waals surface area contributed by atoms with Crippen LogP contribution in [0, 0.1) is 0 Å². The van der Waals surface area contributed by atoms with E-state index in [9.17, 15) is 4.79 Å². The largest absolute Gasteiger partial charge is 0.491 e. The molecule has 2 nitrogen and oxygen atoms in total. The van der Waals surface area contributed by atoms with Gasteiger partial charge in [-0.25, -0.2) is 0 Å². The van der Waals surface area contributed by atoms with Gasteiger partial charge in [0.1, 0.15) is 16.7 Å². The highest BCUT2D eigenvalue weighted by molar-refractivity contribution is 9.12. The Balaban J connectivity index is 2.00. The van der Waals surface area contributed by atoms with Gasteiger partial charge < -0.3 is 4.74 Å². The molecule has 2 aromatic rings. The number of rotatable bonds is 2. The maximum Gasteiger partial charge on any atom is 0.188 e. The molecule has 1 heterocycles. The Hall–Kier alpha value is -1.13. The molecule has 0 N–H and O–H groups in total. The van der Waals surface area contributed by atoms with Crippen molar-refractivity contribution >= 4 is 37.6 Å². The van der Waals surface area contributed by atoms with E-state index in [1.54, 1.807) is 6.07 Å². The van der Waals surface area contributed by atoms with Crippen LogP contribution >= 0.6 is 31.9 Å². The van der Waals surface area contributed by atoms with Gasteiger partial charge in [0, 0.05) is 0 Å². The molecular formula is C16H12Br2O2. The Kier molecular flexibility index (Phi) is 3.69. The fourth-order valence-corrected chi connectivity index (χ4v) is 3.56. The molecule has 0 bridgehead atoms. The van der Waals surface area contributed by atoms with Gasteiger partial charge in [0.15, 0.2) is 5.78 Å². The van der Waals surface area contributed by atoms with E-state index < -0.39 is 4.32 Å². The standard InChI is InChI=1S/C16H12Br2O2/c17-14(11-6-2-1-3-7-11)16(18)10-20-13-9-5-4-8-12(13)15(16)19/h1-9,14H,10H2/t14-,16-/m1/s1. The van der Waals surface area contributed by atoms with Gasteiger partial charge >= 0.3 is 0 Å². The highest BCUT2D eigenvalue weighted by Gasteiger charge is 2.47. The first-order chi connectivity index (χ1) is 9.63. The summed E-state index contributed by atoms with van der Waals surface area (Å²) in [4.78, 5) is 12.6. The lowest BCUT2D eigenvalue weighted by Crippen LogP contribution is -2.45. The predicted molar refractivity (Wildman–Crippen MR) is 86.0 cm³/mol. The van der Waals surface area contributed by atoms with Crippen LogP contribution in [0.4, 0.5) is 0 Å². The Labute approximate surface area is 134 Å². The Bertz CT molecular complexity index is 642. The monoisotopic (exact) mass is 394 g/mol. The van der Waals surface area contributed by atoms with Crippen molar-refractivity contribution in [3.63, 3.8) is 0 Å². The van der Waals surface area contributed by atoms with Crippen LogP contribution in [0.25, 0.3) is 0 Å². The van der Waals surface area contributed by atoms with E-state index in [0.29, 0.717) is 17.9 Å². The number of carbonyl (C=O) groups is 1. The molecule has 4 heteroatoms. The number of fused-ring (bicyclic) bond motifs is 1. The van der Waals surface area contributed by atoms with Crippen LogP contribution in [0.1, 0.15) is 20.7 Å². The lowest BCUT2D eigenvalue weighted by molar-refractivity contribution is 0.0873. The molecule has 0 saturated carbocycles. The molecule has 0 aromatic heterocycles. The van der Waals surface area contributed by atoms with E-state index in [2.05, 4.69) is 31.9 Å². The third-order valence-corrected chi connectivity index (χ3v) is 6.41. The number of ether oxygens (including phenoxy) is 1. The minimum atomic E-state index is -0.789. The molecule has 0 amide bonds. The van der Waals surface area contributed by atoms with E-state index in [-0.39, 0.29) is 10.6 Å². The molecule has 0 aliphatic carbocycles. The van der Waals surface area contributed by atoms with Crippen LogP contribution in [0.3, 0.4) is 0 Å². The molecule has 102 valence electrons. The molecule has 1 aliphatic heterocycles. The average molecular weight is 396 g/mol. The quantitative estimate of drug-likeness (QED) is 0.698. The highest BCUT2D eigenvalue weighted by atomic mass is 79.9. The topological polar surface area (TPSA) is 26.3 Å². The number of ketones is 1. The van der Waals surface area contributed by atoms with Crippen LogP contribution in [-0.2, 0) is 0 Å². The summed E-state index contributed by atoms with van der Waals surface area (Å²) >= 11 is 7.26. The van der Waals surface area contributed by atoms with E-state index in [0.717, 1.165) is 5.56 Å². The van der Waals surface area contributed by atoms with Crippen LogP contribution in [-0.4, -0.2) is 16.7 Å². The number of halogens is 2. The molecule has 3 rings (SSSR count). The van der Waals surface area contributed by atoms with Gasteiger partial charge in [0.25, 0.3) is 0 Å². The summed E-state index contributed by atoms with van der Waals surface area (Å²) in [5.41, 5.74) is 1.66. The minimum absolute atomic E-state index is 0.0464. The lowest BCUT2D eigenvalue weighted by atomic mass is 9.89. The first-order valence-corrected chi connectivity index (χ1v) is 7.98. The molecule has 1 aliphatic rings. The molecule has 2 aromatic carbocycles. The zero-order chi connectivity index (χ0) is 14.2. The molecule has 0 unspecified atom stereocenters. The summed E-state index contributed by atoms with van der Waals surface area (Å²) < 4.78 is 4.97. The molecule has 2 atom stereocenters. The zero-order valence-electron chi connectivity index (χ0n) is 10.6. The SMILES string of the molecule is O=C1c2ccccc2OC[C@@]1(Br)[C@H](Br)c1ccccc1. The Morgan fingerprint density at radius 3 is 2.45 bits per heavy atom. The average Bonchev–Trinajstić information content (AvgIpc) is 2.51. The van der Waals surface area contributed by atoms with E-state index in [1.807, 2.05) is 48.5 Å². The summed E-state index contributed by atoms with van der Waals surface area (Å²) in [5, 5.41) is 0. The van der Waals surface area contributed by atoms with Crippen molar-refractivity contribution in [1.29, 1.82) is 0 Å². The number of Topliss-reactive ketones (excluding diaryl/α,β-unsaturated/α-hetero) is 1. The van der Waals surface area contributed by atoms with Crippen molar-refractivity contribution in [3.05, 3.63) is 65.7 Å². The highest BCUT2D eigenvalue weighted by Crippen LogP contribution is 2.46. The minimum Gasteiger partial charge on any atom is -0.491 e. The maximum atomic E-state index is 12.8. The number of hydrogen-bond acceptors (Lipinski definition) is 2. The van der Waals surface area contributed by atoms with Gasteiger partial charge in [-0.05, 0) is 17.7 Å². The van der Waals surface area contributed by atoms with Gasteiger partial charge in [-0.1, -0.05) is 74.3 Å². The number of benzene rings is 2. The van der Waals surface area contributed by atoms with E-state index in [1.165, 1.54) is 0 Å². The van der Waals surface area contributed by atoms with Crippen LogP contribution in [0.2, 0.25) is 0 Å². The predicted octanol–water partition coefficient (Wildman–Crippen LogP) is 4.53. The van der Waals surface area contributed by atoms with Gasteiger partial charge in [0.2, 0.25) is 0 Å². The number of hydrogen-bond donors (Lipinski definition) is 0. The van der Waals surface area contributed by atoms with Crippen molar-refractivity contribution in [3.8, 4) is 5.75 Å². The lowest BCUT2D eigenvalue weighted by Gasteiger charge is -2.35. The van der Waals surface area contributed by atoms with Gasteiger partial charge in [0.05, 0.1) is 10.4 Å². The van der Waals surface area contributed by atoms with Crippen molar-refractivity contribution < 1.29 is 9.53 Å². The first-order valence-electron chi connectivity index (χ1n) is 6.27. The number of carbonyl (C=O) groups excluding carboxylic acids is 1. The van der Waals surface area contributed by atoms with Gasteiger partial charge in [-0.3, -0.25) is 4.79 Å². The molecule has 20 heavy (non-hydrogen) atoms. The number of para-hydroxylation sites is 1. The molecule has 0 fully saturated rings. The van der Waals surface area contributed by atoms with Crippen LogP contribution in [0.5, 0.6) is 5.75 Å². The van der Waals surface area contributed by atoms with Crippen molar-refractivity contribution in [2.45, 2.75) is 9.15 Å². The summed E-state index contributed by atoms with van der Waals surface area (Å²) in [5.74, 6) is 0.699. The zero-order valence-corrected chi connectivity index (χ0v) is 13.7. The van der Waals surface area contributed by atoms with Gasteiger partial charge in [-0.15, -0.1) is 0 Å². The second-order valence-corrected chi connectivity index (χ2v) is 7.08. The van der Waals surface area contributed by atoms with E-state index >= 15 is 0 Å². The Morgan fingerprint density at radius 1 is 1.05 bits per heavy atom. The van der Waals surface area contributed by atoms with Crippen molar-refractivity contribution in [1.82, 2.24) is 0 Å². The molecule has 0 spiro atoms. The summed E-state index contributed by atoms with van der Waals surface area (Å²) in [6, 6.07) is 17.2.